The Kier molecular flexibility index (Phi) is 2.29. The van der Waals surface area contributed by atoms with E-state index in [1.54, 1.807) is 0 Å². The lowest BCUT2D eigenvalue weighted by atomic mass is 9.81. The van der Waals surface area contributed by atoms with Gasteiger partial charge in [-0.05, 0) is 22.1 Å². The highest BCUT2D eigenvalue weighted by atomic mass is 16.1. The van der Waals surface area contributed by atoms with Gasteiger partial charge in [0, 0.05) is 6.54 Å². The molecule has 2 rings (SSSR count). The average molecular weight is 203 g/mol. The molecule has 0 saturated carbocycles. The Bertz CT molecular complexity index is 401. The highest BCUT2D eigenvalue weighted by Gasteiger charge is 2.23. The first-order chi connectivity index (χ1) is 6.98. The molecule has 0 unspecified atom stereocenters. The minimum atomic E-state index is 0.133. The first kappa shape index (κ1) is 10.2. The van der Waals surface area contributed by atoms with Gasteiger partial charge in [-0.3, -0.25) is 4.79 Å². The van der Waals surface area contributed by atoms with E-state index in [0.717, 1.165) is 0 Å². The van der Waals surface area contributed by atoms with Gasteiger partial charge in [-0.1, -0.05) is 39.0 Å². The first-order valence-corrected chi connectivity index (χ1v) is 5.36. The third-order valence-electron chi connectivity index (χ3n) is 2.89. The molecule has 0 aromatic heterocycles. The smallest absolute Gasteiger partial charge is 0.224 e. The molecule has 0 spiro atoms. The molecule has 1 aliphatic heterocycles. The molecule has 0 aliphatic carbocycles. The van der Waals surface area contributed by atoms with Crippen molar-refractivity contribution in [3.8, 4) is 0 Å². The molecule has 2 nitrogen and oxygen atoms in total. The summed E-state index contributed by atoms with van der Waals surface area (Å²) in [5.74, 6) is 0.133. The molecule has 2 heteroatoms. The van der Waals surface area contributed by atoms with E-state index >= 15 is 0 Å². The summed E-state index contributed by atoms with van der Waals surface area (Å²) < 4.78 is 0. The Morgan fingerprint density at radius 2 is 2.00 bits per heavy atom. The number of carbonyl (C=O) groups is 1. The summed E-state index contributed by atoms with van der Waals surface area (Å²) in [6.07, 6.45) is 0.527. The van der Waals surface area contributed by atoms with Gasteiger partial charge in [0.1, 0.15) is 0 Å². The summed E-state index contributed by atoms with van der Waals surface area (Å²) in [6, 6.07) is 6.28. The predicted molar refractivity (Wildman–Crippen MR) is 60.7 cm³/mol. The van der Waals surface area contributed by atoms with E-state index in [4.69, 9.17) is 0 Å². The number of nitrogens with one attached hydrogen (secondary N) is 1. The van der Waals surface area contributed by atoms with Crippen LogP contribution in [0.5, 0.6) is 0 Å². The molecule has 1 aromatic rings. The molecule has 0 radical (unpaired) electrons. The molecule has 1 aromatic carbocycles. The largest absolute Gasteiger partial charge is 0.352 e. The Morgan fingerprint density at radius 1 is 1.27 bits per heavy atom. The quantitative estimate of drug-likeness (QED) is 0.687. The van der Waals surface area contributed by atoms with Crippen LogP contribution in [0.1, 0.15) is 37.5 Å². The van der Waals surface area contributed by atoms with Crippen molar-refractivity contribution >= 4 is 5.91 Å². The molecule has 0 fully saturated rings. The zero-order valence-corrected chi connectivity index (χ0v) is 9.55. The second-order valence-corrected chi connectivity index (χ2v) is 5.15. The number of hydrogen-bond donors (Lipinski definition) is 1. The normalized spacial score (nSPS) is 15.8. The van der Waals surface area contributed by atoms with E-state index in [9.17, 15) is 4.79 Å². The zero-order chi connectivity index (χ0) is 11.1. The minimum absolute atomic E-state index is 0.133. The lowest BCUT2D eigenvalue weighted by Gasteiger charge is -2.27. The Morgan fingerprint density at radius 3 is 2.67 bits per heavy atom. The SMILES string of the molecule is CC(C)(C)c1cccc2c1CNC(=O)C2. The number of fused-ring (bicyclic) bond motifs is 1. The van der Waals surface area contributed by atoms with Crippen LogP contribution in [0.15, 0.2) is 18.2 Å². The van der Waals surface area contributed by atoms with Gasteiger partial charge in [-0.2, -0.15) is 0 Å². The van der Waals surface area contributed by atoms with Crippen LogP contribution < -0.4 is 5.32 Å². The fourth-order valence-electron chi connectivity index (χ4n) is 2.13. The van der Waals surface area contributed by atoms with E-state index in [1.165, 1.54) is 16.7 Å². The zero-order valence-electron chi connectivity index (χ0n) is 9.55. The summed E-state index contributed by atoms with van der Waals surface area (Å²) in [5, 5.41) is 2.91. The van der Waals surface area contributed by atoms with Gasteiger partial charge in [0.25, 0.3) is 0 Å². The van der Waals surface area contributed by atoms with Crippen molar-refractivity contribution in [1.29, 1.82) is 0 Å². The van der Waals surface area contributed by atoms with Gasteiger partial charge in [-0.15, -0.1) is 0 Å². The van der Waals surface area contributed by atoms with E-state index in [1.807, 2.05) is 0 Å². The van der Waals surface area contributed by atoms with E-state index in [2.05, 4.69) is 44.3 Å². The van der Waals surface area contributed by atoms with Crippen molar-refractivity contribution in [2.45, 2.75) is 39.2 Å². The Balaban J connectivity index is 2.51. The number of carbonyl (C=O) groups excluding carboxylic acids is 1. The minimum Gasteiger partial charge on any atom is -0.352 e. The molecule has 0 atom stereocenters. The van der Waals surface area contributed by atoms with Crippen LogP contribution >= 0.6 is 0 Å². The topological polar surface area (TPSA) is 29.1 Å². The molecular formula is C13H17NO. The lowest BCUT2D eigenvalue weighted by Crippen LogP contribution is -2.32. The number of amides is 1. The van der Waals surface area contributed by atoms with Crippen molar-refractivity contribution in [1.82, 2.24) is 5.32 Å². The Labute approximate surface area is 90.7 Å². The standard InChI is InChI=1S/C13H17NO/c1-13(2,3)11-6-4-5-9-7-12(15)14-8-10(9)11/h4-6H,7-8H2,1-3H3,(H,14,15). The molecule has 1 N–H and O–H groups in total. The summed E-state index contributed by atoms with van der Waals surface area (Å²) in [4.78, 5) is 11.3. The maximum Gasteiger partial charge on any atom is 0.224 e. The predicted octanol–water partition coefficient (Wildman–Crippen LogP) is 2.16. The van der Waals surface area contributed by atoms with Gasteiger partial charge in [0.15, 0.2) is 0 Å². The highest BCUT2D eigenvalue weighted by Crippen LogP contribution is 2.29. The van der Waals surface area contributed by atoms with Crippen LogP contribution in [-0.4, -0.2) is 5.91 Å². The second-order valence-electron chi connectivity index (χ2n) is 5.15. The maximum atomic E-state index is 11.3. The van der Waals surface area contributed by atoms with Crippen LogP contribution in [0.4, 0.5) is 0 Å². The van der Waals surface area contributed by atoms with Gasteiger partial charge >= 0.3 is 0 Å². The van der Waals surface area contributed by atoms with Gasteiger partial charge < -0.3 is 5.32 Å². The van der Waals surface area contributed by atoms with Crippen LogP contribution in [0.25, 0.3) is 0 Å². The number of benzene rings is 1. The lowest BCUT2D eigenvalue weighted by molar-refractivity contribution is -0.121. The first-order valence-electron chi connectivity index (χ1n) is 5.36. The van der Waals surface area contributed by atoms with Crippen molar-refractivity contribution in [2.24, 2.45) is 0 Å². The number of rotatable bonds is 0. The maximum absolute atomic E-state index is 11.3. The van der Waals surface area contributed by atoms with Crippen molar-refractivity contribution < 1.29 is 4.79 Å². The summed E-state index contributed by atoms with van der Waals surface area (Å²) >= 11 is 0. The fourth-order valence-corrected chi connectivity index (χ4v) is 2.13. The molecular weight excluding hydrogens is 186 g/mol. The van der Waals surface area contributed by atoms with E-state index in [-0.39, 0.29) is 11.3 Å². The van der Waals surface area contributed by atoms with Crippen LogP contribution in [0.3, 0.4) is 0 Å². The van der Waals surface area contributed by atoms with Crippen molar-refractivity contribution in [3.05, 3.63) is 34.9 Å². The fraction of sp³-hybridized carbons (Fsp3) is 0.462. The summed E-state index contributed by atoms with van der Waals surface area (Å²) in [6.45, 7) is 7.30. The van der Waals surface area contributed by atoms with Crippen LogP contribution in [-0.2, 0) is 23.2 Å². The molecule has 0 bridgehead atoms. The molecule has 1 amide bonds. The number of hydrogen-bond acceptors (Lipinski definition) is 1. The average Bonchev–Trinajstić information content (AvgIpc) is 2.15. The monoisotopic (exact) mass is 203 g/mol. The van der Waals surface area contributed by atoms with Crippen molar-refractivity contribution in [3.63, 3.8) is 0 Å². The molecule has 15 heavy (non-hydrogen) atoms. The molecule has 80 valence electrons. The molecule has 0 saturated heterocycles. The third kappa shape index (κ3) is 1.89. The van der Waals surface area contributed by atoms with Gasteiger partial charge in [-0.25, -0.2) is 0 Å². The highest BCUT2D eigenvalue weighted by molar-refractivity contribution is 5.81. The van der Waals surface area contributed by atoms with E-state index < -0.39 is 0 Å². The van der Waals surface area contributed by atoms with Gasteiger partial charge in [0.05, 0.1) is 6.42 Å². The Hall–Kier alpha value is -1.31. The van der Waals surface area contributed by atoms with Crippen LogP contribution in [0, 0.1) is 0 Å². The molecule has 1 aliphatic rings. The summed E-state index contributed by atoms with van der Waals surface area (Å²) in [5.41, 5.74) is 3.99. The van der Waals surface area contributed by atoms with E-state index in [0.29, 0.717) is 13.0 Å². The van der Waals surface area contributed by atoms with Crippen molar-refractivity contribution in [2.75, 3.05) is 0 Å². The molecule has 1 heterocycles. The van der Waals surface area contributed by atoms with Crippen LogP contribution in [0.2, 0.25) is 0 Å². The van der Waals surface area contributed by atoms with Gasteiger partial charge in [0.2, 0.25) is 5.91 Å². The third-order valence-corrected chi connectivity index (χ3v) is 2.89. The second kappa shape index (κ2) is 3.37. The summed E-state index contributed by atoms with van der Waals surface area (Å²) in [7, 11) is 0.